The van der Waals surface area contributed by atoms with Crippen molar-refractivity contribution in [3.05, 3.63) is 30.3 Å². The first-order valence-corrected chi connectivity index (χ1v) is 7.08. The molecule has 1 heterocycles. The largest absolute Gasteiger partial charge is 0.329 e. The van der Waals surface area contributed by atoms with E-state index >= 15 is 0 Å². The van der Waals surface area contributed by atoms with Gasteiger partial charge in [0, 0.05) is 31.2 Å². The van der Waals surface area contributed by atoms with E-state index in [0.717, 1.165) is 25.2 Å². The Morgan fingerprint density at radius 2 is 2.05 bits per heavy atom. The number of nitrogens with one attached hydrogen (secondary N) is 1. The number of benzene rings is 1. The summed E-state index contributed by atoms with van der Waals surface area (Å²) in [5.41, 5.74) is 6.64. The van der Waals surface area contributed by atoms with E-state index < -0.39 is 0 Å². The van der Waals surface area contributed by atoms with Crippen molar-refractivity contribution < 1.29 is 4.79 Å². The van der Waals surface area contributed by atoms with E-state index in [-0.39, 0.29) is 18.3 Å². The molecule has 1 unspecified atom stereocenters. The molecule has 1 atom stereocenters. The van der Waals surface area contributed by atoms with Crippen LogP contribution in [0, 0.1) is 0 Å². The molecule has 5 heteroatoms. The average Bonchev–Trinajstić information content (AvgIpc) is 2.46. The standard InChI is InChI=1S/C15H23N3O.ClH/c16-12-14-8-4-5-10-18(14)11-9-15(19)17-13-6-2-1-3-7-13;/h1-3,6-7,14H,4-5,8-12,16H2,(H,17,19);1H. The van der Waals surface area contributed by atoms with Gasteiger partial charge < -0.3 is 11.1 Å². The summed E-state index contributed by atoms with van der Waals surface area (Å²) in [5, 5.41) is 2.92. The van der Waals surface area contributed by atoms with Crippen LogP contribution in [-0.4, -0.2) is 36.5 Å². The fraction of sp³-hybridized carbons (Fsp3) is 0.533. The highest BCUT2D eigenvalue weighted by atomic mass is 35.5. The van der Waals surface area contributed by atoms with E-state index in [9.17, 15) is 4.79 Å². The second-order valence-electron chi connectivity index (χ2n) is 5.09. The van der Waals surface area contributed by atoms with Crippen molar-refractivity contribution in [3.63, 3.8) is 0 Å². The summed E-state index contributed by atoms with van der Waals surface area (Å²) in [5.74, 6) is 0.0764. The fourth-order valence-corrected chi connectivity index (χ4v) is 2.61. The molecule has 1 fully saturated rings. The Hall–Kier alpha value is -1.10. The Balaban J connectivity index is 0.00000200. The molecule has 0 spiro atoms. The van der Waals surface area contributed by atoms with Crippen molar-refractivity contribution in [2.45, 2.75) is 31.7 Å². The maximum atomic E-state index is 11.9. The van der Waals surface area contributed by atoms with Crippen LogP contribution < -0.4 is 11.1 Å². The summed E-state index contributed by atoms with van der Waals surface area (Å²) in [6.45, 7) is 2.57. The van der Waals surface area contributed by atoms with Gasteiger partial charge in [0.05, 0.1) is 0 Å². The van der Waals surface area contributed by atoms with Gasteiger partial charge in [0.25, 0.3) is 0 Å². The molecule has 1 saturated heterocycles. The van der Waals surface area contributed by atoms with Crippen LogP contribution >= 0.6 is 12.4 Å². The second-order valence-corrected chi connectivity index (χ2v) is 5.09. The Kier molecular flexibility index (Phi) is 7.59. The molecule has 0 aromatic heterocycles. The third kappa shape index (κ3) is 5.12. The summed E-state index contributed by atoms with van der Waals surface area (Å²) in [4.78, 5) is 14.2. The molecule has 4 nitrogen and oxygen atoms in total. The molecular formula is C15H24ClN3O. The number of carbonyl (C=O) groups excluding carboxylic acids is 1. The number of halogens is 1. The predicted octanol–water partition coefficient (Wildman–Crippen LogP) is 2.25. The summed E-state index contributed by atoms with van der Waals surface area (Å²) in [6, 6.07) is 10.0. The number of para-hydroxylation sites is 1. The summed E-state index contributed by atoms with van der Waals surface area (Å²) in [7, 11) is 0. The van der Waals surface area contributed by atoms with Crippen molar-refractivity contribution in [3.8, 4) is 0 Å². The molecule has 1 amide bonds. The van der Waals surface area contributed by atoms with Crippen LogP contribution in [0.4, 0.5) is 5.69 Å². The molecule has 1 aliphatic heterocycles. The lowest BCUT2D eigenvalue weighted by Crippen LogP contribution is -2.45. The zero-order valence-corrected chi connectivity index (χ0v) is 12.6. The molecule has 0 saturated carbocycles. The van der Waals surface area contributed by atoms with Gasteiger partial charge in [0.15, 0.2) is 0 Å². The quantitative estimate of drug-likeness (QED) is 0.876. The number of nitrogens with two attached hydrogens (primary N) is 1. The Bertz CT molecular complexity index is 399. The van der Waals surface area contributed by atoms with Gasteiger partial charge in [-0.3, -0.25) is 9.69 Å². The van der Waals surface area contributed by atoms with E-state index in [1.807, 2.05) is 30.3 Å². The third-order valence-corrected chi connectivity index (χ3v) is 3.70. The van der Waals surface area contributed by atoms with Crippen LogP contribution in [0.15, 0.2) is 30.3 Å². The SMILES string of the molecule is Cl.NCC1CCCCN1CCC(=O)Nc1ccccc1. The molecule has 1 aliphatic rings. The number of amides is 1. The van der Waals surface area contributed by atoms with E-state index in [4.69, 9.17) is 5.73 Å². The molecule has 20 heavy (non-hydrogen) atoms. The fourth-order valence-electron chi connectivity index (χ4n) is 2.61. The molecule has 1 aromatic rings. The van der Waals surface area contributed by atoms with Gasteiger partial charge in [0.2, 0.25) is 5.91 Å². The van der Waals surface area contributed by atoms with Gasteiger partial charge in [-0.1, -0.05) is 24.6 Å². The number of piperidine rings is 1. The minimum atomic E-state index is 0. The molecule has 1 aromatic carbocycles. The van der Waals surface area contributed by atoms with Gasteiger partial charge in [0.1, 0.15) is 0 Å². The topological polar surface area (TPSA) is 58.4 Å². The number of carbonyl (C=O) groups is 1. The number of anilines is 1. The number of likely N-dealkylation sites (tertiary alicyclic amines) is 1. The number of hydrogen-bond acceptors (Lipinski definition) is 3. The Morgan fingerprint density at radius 3 is 2.75 bits per heavy atom. The molecular weight excluding hydrogens is 274 g/mol. The van der Waals surface area contributed by atoms with Crippen LogP contribution in [-0.2, 0) is 4.79 Å². The van der Waals surface area contributed by atoms with Crippen LogP contribution in [0.1, 0.15) is 25.7 Å². The lowest BCUT2D eigenvalue weighted by molar-refractivity contribution is -0.116. The predicted molar refractivity (Wildman–Crippen MR) is 85.2 cm³/mol. The van der Waals surface area contributed by atoms with E-state index in [1.54, 1.807) is 0 Å². The zero-order valence-electron chi connectivity index (χ0n) is 11.8. The number of rotatable bonds is 5. The maximum Gasteiger partial charge on any atom is 0.225 e. The lowest BCUT2D eigenvalue weighted by atomic mass is 10.0. The Morgan fingerprint density at radius 1 is 1.30 bits per heavy atom. The summed E-state index contributed by atoms with van der Waals surface area (Å²) < 4.78 is 0. The van der Waals surface area contributed by atoms with Gasteiger partial charge >= 0.3 is 0 Å². The van der Waals surface area contributed by atoms with E-state index in [1.165, 1.54) is 12.8 Å². The van der Waals surface area contributed by atoms with Crippen molar-refractivity contribution in [1.82, 2.24) is 4.90 Å². The van der Waals surface area contributed by atoms with Crippen LogP contribution in [0.25, 0.3) is 0 Å². The smallest absolute Gasteiger partial charge is 0.225 e. The highest BCUT2D eigenvalue weighted by Gasteiger charge is 2.21. The van der Waals surface area contributed by atoms with Crippen LogP contribution in [0.5, 0.6) is 0 Å². The van der Waals surface area contributed by atoms with Gasteiger partial charge in [-0.15, -0.1) is 12.4 Å². The first-order chi connectivity index (χ1) is 9.29. The number of nitrogens with zero attached hydrogens (tertiary/aromatic N) is 1. The normalized spacial score (nSPS) is 19.1. The van der Waals surface area contributed by atoms with Crippen molar-refractivity contribution in [2.24, 2.45) is 5.73 Å². The van der Waals surface area contributed by atoms with E-state index in [2.05, 4.69) is 10.2 Å². The molecule has 2 rings (SSSR count). The van der Waals surface area contributed by atoms with Crippen LogP contribution in [0.2, 0.25) is 0 Å². The highest BCUT2D eigenvalue weighted by molar-refractivity contribution is 5.90. The monoisotopic (exact) mass is 297 g/mol. The van der Waals surface area contributed by atoms with Crippen molar-refractivity contribution >= 4 is 24.0 Å². The Labute approximate surface area is 127 Å². The van der Waals surface area contributed by atoms with Gasteiger partial charge in [-0.25, -0.2) is 0 Å². The van der Waals surface area contributed by atoms with Crippen LogP contribution in [0.3, 0.4) is 0 Å². The molecule has 112 valence electrons. The molecule has 0 aliphatic carbocycles. The second kappa shape index (κ2) is 8.95. The summed E-state index contributed by atoms with van der Waals surface area (Å²) >= 11 is 0. The third-order valence-electron chi connectivity index (χ3n) is 3.70. The maximum absolute atomic E-state index is 11.9. The molecule has 0 bridgehead atoms. The molecule has 3 N–H and O–H groups in total. The van der Waals surface area contributed by atoms with Gasteiger partial charge in [-0.05, 0) is 31.5 Å². The zero-order chi connectivity index (χ0) is 13.5. The minimum absolute atomic E-state index is 0. The first kappa shape index (κ1) is 17.0. The minimum Gasteiger partial charge on any atom is -0.329 e. The summed E-state index contributed by atoms with van der Waals surface area (Å²) in [6.07, 6.45) is 4.17. The highest BCUT2D eigenvalue weighted by Crippen LogP contribution is 2.16. The van der Waals surface area contributed by atoms with Crippen molar-refractivity contribution in [1.29, 1.82) is 0 Å². The van der Waals surface area contributed by atoms with E-state index in [0.29, 0.717) is 19.0 Å². The molecule has 0 radical (unpaired) electrons. The van der Waals surface area contributed by atoms with Crippen molar-refractivity contribution in [2.75, 3.05) is 25.0 Å². The average molecular weight is 298 g/mol. The number of hydrogen-bond donors (Lipinski definition) is 2. The van der Waals surface area contributed by atoms with Gasteiger partial charge in [-0.2, -0.15) is 0 Å². The first-order valence-electron chi connectivity index (χ1n) is 7.08. The lowest BCUT2D eigenvalue weighted by Gasteiger charge is -2.34.